The normalized spacial score (nSPS) is 23.3. The Morgan fingerprint density at radius 2 is 2.54 bits per heavy atom. The molecule has 1 aromatic heterocycles. The zero-order valence-corrected chi connectivity index (χ0v) is 9.61. The maximum absolute atomic E-state index is 5.65. The Bertz CT molecular complexity index is 268. The van der Waals surface area contributed by atoms with Crippen LogP contribution in [0.25, 0.3) is 0 Å². The van der Waals surface area contributed by atoms with Crippen LogP contribution in [0.3, 0.4) is 0 Å². The summed E-state index contributed by atoms with van der Waals surface area (Å²) in [4.78, 5) is 4.09. The molecule has 1 saturated heterocycles. The summed E-state index contributed by atoms with van der Waals surface area (Å²) >= 11 is 2.30. The molecule has 3 nitrogen and oxygen atoms in total. The van der Waals surface area contributed by atoms with Crippen molar-refractivity contribution in [3.05, 3.63) is 16.2 Å². The lowest BCUT2D eigenvalue weighted by atomic mass is 10.1. The third kappa shape index (κ3) is 2.43. The van der Waals surface area contributed by atoms with Gasteiger partial charge in [0.25, 0.3) is 0 Å². The molecule has 0 saturated carbocycles. The van der Waals surface area contributed by atoms with Crippen molar-refractivity contribution in [2.24, 2.45) is 0 Å². The standard InChI is InChI=1S/C9H13IN2O/c10-9-5-11-7-12(9)6-8-3-1-2-4-13-8/h5,7-8H,1-4,6H2/t8-/m1/s1. The van der Waals surface area contributed by atoms with Crippen molar-refractivity contribution in [1.82, 2.24) is 9.55 Å². The molecule has 0 amide bonds. The van der Waals surface area contributed by atoms with E-state index in [1.165, 1.54) is 23.0 Å². The van der Waals surface area contributed by atoms with Gasteiger partial charge in [0, 0.05) is 6.61 Å². The van der Waals surface area contributed by atoms with E-state index in [2.05, 4.69) is 32.1 Å². The Balaban J connectivity index is 1.93. The van der Waals surface area contributed by atoms with Gasteiger partial charge in [-0.15, -0.1) is 0 Å². The van der Waals surface area contributed by atoms with Crippen molar-refractivity contribution in [3.8, 4) is 0 Å². The maximum Gasteiger partial charge on any atom is 0.0995 e. The zero-order chi connectivity index (χ0) is 9.10. The summed E-state index contributed by atoms with van der Waals surface area (Å²) in [5.41, 5.74) is 0. The van der Waals surface area contributed by atoms with Gasteiger partial charge in [0.05, 0.1) is 28.9 Å². The molecule has 1 fully saturated rings. The fourth-order valence-electron chi connectivity index (χ4n) is 1.61. The summed E-state index contributed by atoms with van der Waals surface area (Å²) in [5.74, 6) is 0. The van der Waals surface area contributed by atoms with Crippen LogP contribution in [-0.2, 0) is 11.3 Å². The number of nitrogens with zero attached hydrogens (tertiary/aromatic N) is 2. The van der Waals surface area contributed by atoms with E-state index in [1.807, 2.05) is 12.5 Å². The first kappa shape index (κ1) is 9.45. The molecule has 0 bridgehead atoms. The van der Waals surface area contributed by atoms with Crippen molar-refractivity contribution in [1.29, 1.82) is 0 Å². The highest BCUT2D eigenvalue weighted by molar-refractivity contribution is 14.1. The molecule has 4 heteroatoms. The van der Waals surface area contributed by atoms with E-state index in [1.54, 1.807) is 0 Å². The van der Waals surface area contributed by atoms with Crippen molar-refractivity contribution < 1.29 is 4.74 Å². The molecule has 0 aliphatic carbocycles. The number of ether oxygens (including phenoxy) is 1. The average molecular weight is 292 g/mol. The average Bonchev–Trinajstić information content (AvgIpc) is 2.54. The van der Waals surface area contributed by atoms with Crippen LogP contribution < -0.4 is 0 Å². The topological polar surface area (TPSA) is 27.1 Å². The van der Waals surface area contributed by atoms with Crippen LogP contribution >= 0.6 is 22.6 Å². The van der Waals surface area contributed by atoms with E-state index in [9.17, 15) is 0 Å². The monoisotopic (exact) mass is 292 g/mol. The van der Waals surface area contributed by atoms with Crippen LogP contribution in [0.2, 0.25) is 0 Å². The Morgan fingerprint density at radius 3 is 3.15 bits per heavy atom. The predicted octanol–water partition coefficient (Wildman–Crippen LogP) is 2.06. The summed E-state index contributed by atoms with van der Waals surface area (Å²) in [6.07, 6.45) is 7.86. The SMILES string of the molecule is Ic1cncn1C[C@H]1CCCCO1. The van der Waals surface area contributed by atoms with Gasteiger partial charge in [0.15, 0.2) is 0 Å². The first-order valence-electron chi connectivity index (χ1n) is 4.63. The number of hydrogen-bond acceptors (Lipinski definition) is 2. The largest absolute Gasteiger partial charge is 0.376 e. The number of hydrogen-bond donors (Lipinski definition) is 0. The van der Waals surface area contributed by atoms with Gasteiger partial charge in [-0.05, 0) is 41.9 Å². The molecule has 72 valence electrons. The van der Waals surface area contributed by atoms with Crippen LogP contribution in [0.1, 0.15) is 19.3 Å². The molecule has 2 heterocycles. The molecule has 1 aromatic rings. The lowest BCUT2D eigenvalue weighted by molar-refractivity contribution is 0.00560. The van der Waals surface area contributed by atoms with Gasteiger partial charge < -0.3 is 9.30 Å². The first-order chi connectivity index (χ1) is 6.36. The van der Waals surface area contributed by atoms with Crippen molar-refractivity contribution in [3.63, 3.8) is 0 Å². The van der Waals surface area contributed by atoms with Gasteiger partial charge in [0.1, 0.15) is 0 Å². The Labute approximate surface area is 91.6 Å². The van der Waals surface area contributed by atoms with Crippen LogP contribution in [0.4, 0.5) is 0 Å². The number of rotatable bonds is 2. The smallest absolute Gasteiger partial charge is 0.0995 e. The number of imidazole rings is 1. The van der Waals surface area contributed by atoms with E-state index in [0.717, 1.165) is 13.2 Å². The molecule has 0 aromatic carbocycles. The molecule has 1 aliphatic heterocycles. The van der Waals surface area contributed by atoms with Crippen LogP contribution in [-0.4, -0.2) is 22.3 Å². The minimum atomic E-state index is 0.400. The molecule has 2 rings (SSSR count). The molecule has 13 heavy (non-hydrogen) atoms. The highest BCUT2D eigenvalue weighted by atomic mass is 127. The molecule has 1 atom stereocenters. The number of aromatic nitrogens is 2. The van der Waals surface area contributed by atoms with Gasteiger partial charge in [-0.3, -0.25) is 0 Å². The summed E-state index contributed by atoms with van der Waals surface area (Å²) < 4.78 is 8.99. The minimum absolute atomic E-state index is 0.400. The molecular formula is C9H13IN2O. The first-order valence-corrected chi connectivity index (χ1v) is 5.71. The van der Waals surface area contributed by atoms with E-state index >= 15 is 0 Å². The molecule has 0 unspecified atom stereocenters. The second kappa shape index (κ2) is 4.41. The highest BCUT2D eigenvalue weighted by Gasteiger charge is 2.14. The Morgan fingerprint density at radius 1 is 1.62 bits per heavy atom. The molecule has 1 aliphatic rings. The number of halogens is 1. The summed E-state index contributed by atoms with van der Waals surface area (Å²) in [7, 11) is 0. The van der Waals surface area contributed by atoms with Gasteiger partial charge in [-0.2, -0.15) is 0 Å². The molecule has 0 spiro atoms. The van der Waals surface area contributed by atoms with Crippen molar-refractivity contribution in [2.75, 3.05) is 6.61 Å². The van der Waals surface area contributed by atoms with Crippen LogP contribution in [0, 0.1) is 3.70 Å². The summed E-state index contributed by atoms with van der Waals surface area (Å²) in [6.45, 7) is 1.88. The lowest BCUT2D eigenvalue weighted by Gasteiger charge is -2.23. The van der Waals surface area contributed by atoms with Crippen LogP contribution in [0.5, 0.6) is 0 Å². The third-order valence-electron chi connectivity index (χ3n) is 2.34. The Kier molecular flexibility index (Phi) is 3.21. The Hall–Kier alpha value is -0.100. The minimum Gasteiger partial charge on any atom is -0.376 e. The fraction of sp³-hybridized carbons (Fsp3) is 0.667. The fourth-order valence-corrected chi connectivity index (χ4v) is 2.09. The summed E-state index contributed by atoms with van der Waals surface area (Å²) in [6, 6.07) is 0. The zero-order valence-electron chi connectivity index (χ0n) is 7.45. The highest BCUT2D eigenvalue weighted by Crippen LogP contribution is 2.15. The van der Waals surface area contributed by atoms with E-state index in [0.29, 0.717) is 6.10 Å². The third-order valence-corrected chi connectivity index (χ3v) is 3.23. The second-order valence-corrected chi connectivity index (χ2v) is 4.46. The summed E-state index contributed by atoms with van der Waals surface area (Å²) in [5, 5.41) is 0. The molecule has 0 N–H and O–H groups in total. The van der Waals surface area contributed by atoms with Gasteiger partial charge >= 0.3 is 0 Å². The van der Waals surface area contributed by atoms with Crippen molar-refractivity contribution >= 4 is 22.6 Å². The van der Waals surface area contributed by atoms with Gasteiger partial charge in [-0.1, -0.05) is 0 Å². The predicted molar refractivity (Wildman–Crippen MR) is 58.5 cm³/mol. The van der Waals surface area contributed by atoms with E-state index < -0.39 is 0 Å². The maximum atomic E-state index is 5.65. The molecule has 0 radical (unpaired) electrons. The van der Waals surface area contributed by atoms with E-state index in [-0.39, 0.29) is 0 Å². The quantitative estimate of drug-likeness (QED) is 0.780. The lowest BCUT2D eigenvalue weighted by Crippen LogP contribution is -2.24. The van der Waals surface area contributed by atoms with Gasteiger partial charge in [-0.25, -0.2) is 4.98 Å². The van der Waals surface area contributed by atoms with Crippen LogP contribution in [0.15, 0.2) is 12.5 Å². The van der Waals surface area contributed by atoms with E-state index in [4.69, 9.17) is 4.74 Å². The van der Waals surface area contributed by atoms with Crippen molar-refractivity contribution in [2.45, 2.75) is 31.9 Å². The van der Waals surface area contributed by atoms with Gasteiger partial charge in [0.2, 0.25) is 0 Å². The molecular weight excluding hydrogens is 279 g/mol. The second-order valence-electron chi connectivity index (χ2n) is 3.36.